The number of ketones is 1. The van der Waals surface area contributed by atoms with Crippen LogP contribution < -0.4 is 9.64 Å². The van der Waals surface area contributed by atoms with E-state index in [1.807, 2.05) is 79.7 Å². The van der Waals surface area contributed by atoms with Crippen molar-refractivity contribution in [2.75, 3.05) is 12.0 Å². The summed E-state index contributed by atoms with van der Waals surface area (Å²) in [6, 6.07) is 25.5. The molecule has 0 aliphatic carbocycles. The van der Waals surface area contributed by atoms with Crippen molar-refractivity contribution in [3.8, 4) is 5.75 Å². The van der Waals surface area contributed by atoms with E-state index in [0.717, 1.165) is 26.6 Å². The zero-order valence-electron chi connectivity index (χ0n) is 20.1. The van der Waals surface area contributed by atoms with Crippen molar-refractivity contribution in [2.24, 2.45) is 0 Å². The predicted molar refractivity (Wildman–Crippen MR) is 146 cm³/mol. The van der Waals surface area contributed by atoms with Gasteiger partial charge in [0.25, 0.3) is 5.78 Å². The first-order valence-electron chi connectivity index (χ1n) is 11.8. The van der Waals surface area contributed by atoms with Crippen LogP contribution in [0.5, 0.6) is 5.75 Å². The van der Waals surface area contributed by atoms with Gasteiger partial charge in [-0.1, -0.05) is 77.6 Å². The van der Waals surface area contributed by atoms with Crippen LogP contribution in [0.25, 0.3) is 26.7 Å². The third-order valence-electron chi connectivity index (χ3n) is 6.62. The number of benzene rings is 4. The molecule has 37 heavy (non-hydrogen) atoms. The number of hydrogen-bond acceptors (Lipinski definition) is 6. The number of ether oxygens (including phenoxy) is 1. The van der Waals surface area contributed by atoms with E-state index in [0.29, 0.717) is 22.0 Å². The summed E-state index contributed by atoms with van der Waals surface area (Å²) >= 11 is 1.30. The van der Waals surface area contributed by atoms with Gasteiger partial charge in [0, 0.05) is 5.56 Å². The Morgan fingerprint density at radius 2 is 1.76 bits per heavy atom. The molecular weight excluding hydrogens is 484 g/mol. The smallest absolute Gasteiger partial charge is 0.301 e. The maximum atomic E-state index is 13.5. The first-order chi connectivity index (χ1) is 17.9. The molecule has 6 nitrogen and oxygen atoms in total. The Morgan fingerprint density at radius 1 is 0.946 bits per heavy atom. The molecule has 182 valence electrons. The van der Waals surface area contributed by atoms with Gasteiger partial charge in [0.2, 0.25) is 0 Å². The molecule has 1 aromatic heterocycles. The van der Waals surface area contributed by atoms with E-state index in [1.165, 1.54) is 16.2 Å². The summed E-state index contributed by atoms with van der Waals surface area (Å²) in [5.74, 6) is -0.994. The number of fused-ring (bicyclic) bond motifs is 2. The summed E-state index contributed by atoms with van der Waals surface area (Å²) in [6.07, 6.45) is 0. The molecular formula is C30H22N2O4S. The maximum absolute atomic E-state index is 13.5. The molecule has 1 amide bonds. The number of rotatable bonds is 4. The van der Waals surface area contributed by atoms with Crippen molar-refractivity contribution in [2.45, 2.75) is 13.0 Å². The molecule has 0 bridgehead atoms. The molecule has 1 saturated heterocycles. The number of hydrogen-bond donors (Lipinski definition) is 1. The molecule has 4 aromatic carbocycles. The predicted octanol–water partition coefficient (Wildman–Crippen LogP) is 6.39. The van der Waals surface area contributed by atoms with Gasteiger partial charge in [-0.2, -0.15) is 0 Å². The zero-order chi connectivity index (χ0) is 25.7. The van der Waals surface area contributed by atoms with Gasteiger partial charge >= 0.3 is 5.91 Å². The van der Waals surface area contributed by atoms with Crippen LogP contribution in [-0.4, -0.2) is 28.9 Å². The van der Waals surface area contributed by atoms with Crippen LogP contribution in [0.1, 0.15) is 22.7 Å². The number of carbonyl (C=O) groups excluding carboxylic acids is 2. The number of nitrogens with zero attached hydrogens (tertiary/aromatic N) is 2. The van der Waals surface area contributed by atoms with Gasteiger partial charge in [0.05, 0.1) is 28.9 Å². The maximum Gasteiger partial charge on any atom is 0.301 e. The highest BCUT2D eigenvalue weighted by Gasteiger charge is 2.48. The summed E-state index contributed by atoms with van der Waals surface area (Å²) in [7, 11) is 1.59. The van der Waals surface area contributed by atoms with E-state index in [-0.39, 0.29) is 11.3 Å². The Morgan fingerprint density at radius 3 is 2.54 bits per heavy atom. The number of amides is 1. The minimum absolute atomic E-state index is 0.0442. The molecule has 2 heterocycles. The average molecular weight is 507 g/mol. The van der Waals surface area contributed by atoms with Crippen molar-refractivity contribution in [3.05, 3.63) is 107 Å². The largest absolute Gasteiger partial charge is 0.507 e. The number of aryl methyl sites for hydroxylation is 1. The van der Waals surface area contributed by atoms with Crippen molar-refractivity contribution in [1.82, 2.24) is 4.98 Å². The molecule has 1 unspecified atom stereocenters. The number of anilines is 1. The number of Topliss-reactive ketones (excluding diaryl/α,β-unsaturated/α-hetero) is 1. The Labute approximate surface area is 217 Å². The fraction of sp³-hybridized carbons (Fsp3) is 0.100. The van der Waals surface area contributed by atoms with Crippen molar-refractivity contribution in [3.63, 3.8) is 0 Å². The van der Waals surface area contributed by atoms with E-state index in [9.17, 15) is 14.7 Å². The lowest BCUT2D eigenvalue weighted by atomic mass is 9.94. The Balaban J connectivity index is 1.56. The summed E-state index contributed by atoms with van der Waals surface area (Å²) in [6.45, 7) is 1.95. The molecule has 1 aliphatic rings. The van der Waals surface area contributed by atoms with Crippen LogP contribution in [0.2, 0.25) is 0 Å². The number of aliphatic hydroxyl groups excluding tert-OH is 1. The summed E-state index contributed by atoms with van der Waals surface area (Å²) in [5, 5.41) is 13.8. The second kappa shape index (κ2) is 8.87. The fourth-order valence-corrected chi connectivity index (χ4v) is 5.82. The lowest BCUT2D eigenvalue weighted by Crippen LogP contribution is -2.29. The molecule has 0 saturated carbocycles. The summed E-state index contributed by atoms with van der Waals surface area (Å²) < 4.78 is 6.16. The standard InChI is InChI=1S/C30H22N2O4S/c1-17-6-5-9-20(14-17)26-25(27(33)21-11-10-18-7-3-4-8-19(18)15-21)28(34)29(35)32(26)30-31-23-13-12-22(36-2)16-24(23)37-30/h3-16,26,33H,1-2H3/b27-25+. The highest BCUT2D eigenvalue weighted by Crippen LogP contribution is 2.45. The van der Waals surface area contributed by atoms with Gasteiger partial charge in [-0.15, -0.1) is 0 Å². The van der Waals surface area contributed by atoms with Crippen LogP contribution in [0.3, 0.4) is 0 Å². The summed E-state index contributed by atoms with van der Waals surface area (Å²) in [5.41, 5.74) is 2.91. The fourth-order valence-electron chi connectivity index (χ4n) is 4.80. The van der Waals surface area contributed by atoms with Gasteiger partial charge in [-0.25, -0.2) is 4.98 Å². The van der Waals surface area contributed by atoms with Crippen LogP contribution in [0.15, 0.2) is 90.5 Å². The molecule has 0 radical (unpaired) electrons. The monoisotopic (exact) mass is 506 g/mol. The first-order valence-corrected chi connectivity index (χ1v) is 12.6. The number of carbonyl (C=O) groups is 2. The lowest BCUT2D eigenvalue weighted by Gasteiger charge is -2.23. The second-order valence-electron chi connectivity index (χ2n) is 8.98. The number of thiazole rings is 1. The van der Waals surface area contributed by atoms with Crippen LogP contribution in [-0.2, 0) is 9.59 Å². The highest BCUT2D eigenvalue weighted by atomic mass is 32.1. The van der Waals surface area contributed by atoms with Gasteiger partial charge in [-0.3, -0.25) is 14.5 Å². The second-order valence-corrected chi connectivity index (χ2v) is 9.98. The van der Waals surface area contributed by atoms with Gasteiger partial charge in [0.1, 0.15) is 11.5 Å². The summed E-state index contributed by atoms with van der Waals surface area (Å²) in [4.78, 5) is 33.1. The normalized spacial score (nSPS) is 17.1. The Hall–Kier alpha value is -4.49. The van der Waals surface area contributed by atoms with E-state index < -0.39 is 17.7 Å². The Kier molecular flexibility index (Phi) is 5.50. The SMILES string of the molecule is COc1ccc2nc(N3C(=O)C(=O)/C(=C(/O)c4ccc5ccccc5c4)C3c3cccc(C)c3)sc2c1. The average Bonchev–Trinajstić information content (AvgIpc) is 3.45. The van der Waals surface area contributed by atoms with E-state index in [2.05, 4.69) is 4.98 Å². The van der Waals surface area contributed by atoms with E-state index in [4.69, 9.17) is 4.74 Å². The molecule has 1 atom stereocenters. The minimum atomic E-state index is -0.825. The molecule has 1 fully saturated rings. The van der Waals surface area contributed by atoms with E-state index >= 15 is 0 Å². The molecule has 5 aromatic rings. The Bertz CT molecular complexity index is 1750. The molecule has 1 N–H and O–H groups in total. The number of aromatic nitrogens is 1. The van der Waals surface area contributed by atoms with Crippen molar-refractivity contribution in [1.29, 1.82) is 0 Å². The molecule has 0 spiro atoms. The molecule has 6 rings (SSSR count). The third kappa shape index (κ3) is 3.84. The molecule has 1 aliphatic heterocycles. The number of aliphatic hydroxyl groups is 1. The zero-order valence-corrected chi connectivity index (χ0v) is 21.0. The van der Waals surface area contributed by atoms with Gasteiger partial charge in [0.15, 0.2) is 5.13 Å². The quantitative estimate of drug-likeness (QED) is 0.174. The lowest BCUT2D eigenvalue weighted by molar-refractivity contribution is -0.132. The van der Waals surface area contributed by atoms with E-state index in [1.54, 1.807) is 19.2 Å². The third-order valence-corrected chi connectivity index (χ3v) is 7.63. The van der Waals surface area contributed by atoms with Gasteiger partial charge < -0.3 is 9.84 Å². The van der Waals surface area contributed by atoms with Crippen molar-refractivity contribution < 1.29 is 19.4 Å². The topological polar surface area (TPSA) is 79.7 Å². The highest BCUT2D eigenvalue weighted by molar-refractivity contribution is 7.22. The molecule has 7 heteroatoms. The van der Waals surface area contributed by atoms with Crippen molar-refractivity contribution >= 4 is 54.9 Å². The van der Waals surface area contributed by atoms with Crippen LogP contribution >= 0.6 is 11.3 Å². The van der Waals surface area contributed by atoms with Crippen LogP contribution in [0, 0.1) is 6.92 Å². The minimum Gasteiger partial charge on any atom is -0.507 e. The first kappa shape index (κ1) is 22.9. The van der Waals surface area contributed by atoms with Gasteiger partial charge in [-0.05, 0) is 47.5 Å². The van der Waals surface area contributed by atoms with Crippen LogP contribution in [0.4, 0.5) is 5.13 Å². The number of methoxy groups -OCH3 is 1.